The molecule has 36 heavy (non-hydrogen) atoms. The van der Waals surface area contributed by atoms with Crippen LogP contribution >= 0.6 is 11.6 Å². The first-order valence-corrected chi connectivity index (χ1v) is 14.1. The lowest BCUT2D eigenvalue weighted by Gasteiger charge is -2.54. The Morgan fingerprint density at radius 2 is 1.86 bits per heavy atom. The van der Waals surface area contributed by atoms with Crippen LogP contribution in [0.4, 0.5) is 10.5 Å². The van der Waals surface area contributed by atoms with E-state index in [1.165, 1.54) is 31.4 Å². The molecule has 1 spiro atoms. The number of hydrazone groups is 1. The number of hydrogen-bond donors (Lipinski definition) is 1. The molecule has 1 N–H and O–H groups in total. The number of nitrogens with zero attached hydrogens (tertiary/aromatic N) is 5. The Morgan fingerprint density at radius 3 is 2.50 bits per heavy atom. The fourth-order valence-electron chi connectivity index (χ4n) is 7.39. The zero-order valence-corrected chi connectivity index (χ0v) is 21.7. The molecule has 1 aromatic rings. The second-order valence-electron chi connectivity index (χ2n) is 11.8. The van der Waals surface area contributed by atoms with E-state index in [4.69, 9.17) is 16.7 Å². The van der Waals surface area contributed by atoms with Crippen LogP contribution in [0.15, 0.2) is 23.3 Å². The van der Waals surface area contributed by atoms with Crippen LogP contribution in [-0.4, -0.2) is 65.0 Å². The minimum absolute atomic E-state index is 0.107. The number of halogens is 1. The molecule has 1 aromatic carbocycles. The van der Waals surface area contributed by atoms with Gasteiger partial charge in [0.05, 0.1) is 28.4 Å². The van der Waals surface area contributed by atoms with Crippen LogP contribution in [0.25, 0.3) is 0 Å². The summed E-state index contributed by atoms with van der Waals surface area (Å²) in [5.41, 5.74) is 3.11. The molecule has 4 fully saturated rings. The summed E-state index contributed by atoms with van der Waals surface area (Å²) in [7, 11) is 0. The zero-order chi connectivity index (χ0) is 24.9. The summed E-state index contributed by atoms with van der Waals surface area (Å²) in [6.07, 6.45) is 11.1. The monoisotopic (exact) mass is 509 g/mol. The summed E-state index contributed by atoms with van der Waals surface area (Å²) in [6.45, 7) is 2.87. The number of urea groups is 1. The molecule has 7 nitrogen and oxygen atoms in total. The molecule has 2 amide bonds. The van der Waals surface area contributed by atoms with E-state index in [0.717, 1.165) is 50.9 Å². The molecule has 2 saturated carbocycles. The molecule has 0 bridgehead atoms. The zero-order valence-electron chi connectivity index (χ0n) is 20.9. The van der Waals surface area contributed by atoms with E-state index in [1.54, 1.807) is 0 Å². The predicted molar refractivity (Wildman–Crippen MR) is 140 cm³/mol. The van der Waals surface area contributed by atoms with Gasteiger partial charge in [-0.05, 0) is 75.0 Å². The molecule has 6 rings (SSSR count). The van der Waals surface area contributed by atoms with Gasteiger partial charge in [-0.1, -0.05) is 24.4 Å². The van der Waals surface area contributed by atoms with Crippen LogP contribution in [-0.2, 0) is 0 Å². The topological polar surface area (TPSA) is 83.2 Å². The molecule has 0 aromatic heterocycles. The van der Waals surface area contributed by atoms with Gasteiger partial charge in [0, 0.05) is 43.7 Å². The summed E-state index contributed by atoms with van der Waals surface area (Å²) < 4.78 is 0. The predicted octanol–water partition coefficient (Wildman–Crippen LogP) is 5.02. The second-order valence-corrected chi connectivity index (χ2v) is 12.2. The van der Waals surface area contributed by atoms with E-state index in [1.807, 2.05) is 28.0 Å². The van der Waals surface area contributed by atoms with Gasteiger partial charge in [0.1, 0.15) is 6.07 Å². The lowest BCUT2D eigenvalue weighted by molar-refractivity contribution is -0.0140. The fraction of sp³-hybridized carbons (Fsp3) is 0.679. The number of likely N-dealkylation sites (tertiary alicyclic amines) is 2. The first-order chi connectivity index (χ1) is 17.4. The van der Waals surface area contributed by atoms with Gasteiger partial charge in [-0.2, -0.15) is 10.4 Å². The first kappa shape index (κ1) is 24.1. The number of hydrogen-bond acceptors (Lipinski definition) is 5. The second kappa shape index (κ2) is 9.54. The van der Waals surface area contributed by atoms with Crippen LogP contribution in [0, 0.1) is 28.6 Å². The van der Waals surface area contributed by atoms with E-state index in [0.29, 0.717) is 48.0 Å². The van der Waals surface area contributed by atoms with Crippen molar-refractivity contribution < 1.29 is 9.90 Å². The van der Waals surface area contributed by atoms with Crippen LogP contribution in [0.2, 0.25) is 5.02 Å². The number of carbonyl (C=O) groups excluding carboxylic acids is 1. The molecule has 2 atom stereocenters. The number of amides is 2. The van der Waals surface area contributed by atoms with Gasteiger partial charge in [0.2, 0.25) is 0 Å². The number of aliphatic hydroxyl groups excluding tert-OH is 1. The van der Waals surface area contributed by atoms with E-state index >= 15 is 0 Å². The lowest BCUT2D eigenvalue weighted by atomic mass is 9.65. The highest BCUT2D eigenvalue weighted by atomic mass is 35.5. The van der Waals surface area contributed by atoms with Crippen molar-refractivity contribution in [2.24, 2.45) is 22.4 Å². The van der Waals surface area contributed by atoms with Gasteiger partial charge in [-0.15, -0.1) is 0 Å². The van der Waals surface area contributed by atoms with Crippen molar-refractivity contribution in [2.75, 3.05) is 31.2 Å². The van der Waals surface area contributed by atoms with Gasteiger partial charge >= 0.3 is 6.03 Å². The minimum atomic E-state index is -0.361. The Hall–Kier alpha value is -2.30. The van der Waals surface area contributed by atoms with Crippen molar-refractivity contribution >= 4 is 29.0 Å². The van der Waals surface area contributed by atoms with Crippen molar-refractivity contribution in [1.82, 2.24) is 9.80 Å². The molecule has 192 valence electrons. The van der Waals surface area contributed by atoms with Crippen LogP contribution in [0.1, 0.15) is 69.8 Å². The molecule has 2 aliphatic carbocycles. The van der Waals surface area contributed by atoms with Crippen molar-refractivity contribution in [3.63, 3.8) is 0 Å². The normalized spacial score (nSPS) is 28.5. The summed E-state index contributed by atoms with van der Waals surface area (Å²) in [6, 6.07) is 8.37. The Labute approximate surface area is 218 Å². The summed E-state index contributed by atoms with van der Waals surface area (Å²) >= 11 is 6.40. The summed E-state index contributed by atoms with van der Waals surface area (Å²) in [4.78, 5) is 16.6. The molecule has 2 saturated heterocycles. The number of aliphatic hydroxyl groups is 1. The maximum atomic E-state index is 12.8. The minimum Gasteiger partial charge on any atom is -0.391 e. The van der Waals surface area contributed by atoms with Crippen molar-refractivity contribution in [3.05, 3.63) is 28.8 Å². The Morgan fingerprint density at radius 1 is 1.11 bits per heavy atom. The van der Waals surface area contributed by atoms with E-state index in [2.05, 4.69) is 11.1 Å². The summed E-state index contributed by atoms with van der Waals surface area (Å²) in [5, 5.41) is 27.0. The van der Waals surface area contributed by atoms with Crippen LogP contribution < -0.4 is 5.01 Å². The van der Waals surface area contributed by atoms with Gasteiger partial charge in [-0.25, -0.2) is 4.79 Å². The SMILES string of the molecule is N#Cc1ccc(N2N=C(C3CCC4(CC3)CN(C(=O)N3CC[C@@H](O)C3)C4)CC2C2CCCC2)cc1Cl. The quantitative estimate of drug-likeness (QED) is 0.620. The van der Waals surface area contributed by atoms with Gasteiger partial charge in [0.15, 0.2) is 0 Å². The number of carbonyl (C=O) groups is 1. The Kier molecular flexibility index (Phi) is 6.37. The highest BCUT2D eigenvalue weighted by molar-refractivity contribution is 6.32. The molecular weight excluding hydrogens is 474 g/mol. The maximum Gasteiger partial charge on any atom is 0.320 e. The van der Waals surface area contributed by atoms with Crippen molar-refractivity contribution in [3.8, 4) is 6.07 Å². The molecule has 8 heteroatoms. The number of rotatable bonds is 3. The number of nitriles is 1. The number of anilines is 1. The average molecular weight is 510 g/mol. The molecule has 0 radical (unpaired) electrons. The summed E-state index contributed by atoms with van der Waals surface area (Å²) in [5.74, 6) is 1.17. The van der Waals surface area contributed by atoms with Gasteiger partial charge in [-0.3, -0.25) is 5.01 Å². The van der Waals surface area contributed by atoms with E-state index in [-0.39, 0.29) is 17.6 Å². The third-order valence-corrected chi connectivity index (χ3v) is 9.84. The molecule has 3 aliphatic heterocycles. The maximum absolute atomic E-state index is 12.8. The highest BCUT2D eigenvalue weighted by Crippen LogP contribution is 2.48. The lowest BCUT2D eigenvalue weighted by Crippen LogP contribution is -2.62. The highest BCUT2D eigenvalue weighted by Gasteiger charge is 2.49. The average Bonchev–Trinajstić information content (AvgIpc) is 3.63. The number of β-amino-alcohol motifs (C(OH)–C–C–N with tert-alkyl or cyclic N) is 1. The first-order valence-electron chi connectivity index (χ1n) is 13.7. The molecule has 3 heterocycles. The molecule has 5 aliphatic rings. The van der Waals surface area contributed by atoms with Crippen molar-refractivity contribution in [2.45, 2.75) is 76.4 Å². The van der Waals surface area contributed by atoms with Gasteiger partial charge < -0.3 is 14.9 Å². The van der Waals surface area contributed by atoms with E-state index in [9.17, 15) is 15.2 Å². The number of benzene rings is 1. The molecular formula is C28H36ClN5O2. The van der Waals surface area contributed by atoms with E-state index < -0.39 is 0 Å². The molecule has 1 unspecified atom stereocenters. The van der Waals surface area contributed by atoms with Crippen LogP contribution in [0.5, 0.6) is 0 Å². The smallest absolute Gasteiger partial charge is 0.320 e. The van der Waals surface area contributed by atoms with Crippen LogP contribution in [0.3, 0.4) is 0 Å². The van der Waals surface area contributed by atoms with Gasteiger partial charge in [0.25, 0.3) is 0 Å². The largest absolute Gasteiger partial charge is 0.391 e. The third kappa shape index (κ3) is 4.37. The third-order valence-electron chi connectivity index (χ3n) is 9.52. The fourth-order valence-corrected chi connectivity index (χ4v) is 7.61. The van der Waals surface area contributed by atoms with Crippen molar-refractivity contribution in [1.29, 1.82) is 5.26 Å². The Balaban J connectivity index is 1.11. The standard InChI is InChI=1S/C28H36ClN5O2/c29-24-13-22(6-5-21(24)15-30)34-26(20-3-1-2-4-20)14-25(31-34)19-7-10-28(11-8-19)17-33(18-28)27(36)32-12-9-23(35)16-32/h5-6,13,19-20,23,26,35H,1-4,7-12,14,16-18H2/t23-,26?/m1/s1. The Bertz CT molecular complexity index is 1080.